The first-order chi connectivity index (χ1) is 11.0. The summed E-state index contributed by atoms with van der Waals surface area (Å²) in [5, 5.41) is 6.94. The lowest BCUT2D eigenvalue weighted by atomic mass is 9.96. The van der Waals surface area contributed by atoms with Crippen LogP contribution in [0.1, 0.15) is 60.9 Å². The van der Waals surface area contributed by atoms with Gasteiger partial charge in [0.15, 0.2) is 5.82 Å². The molecule has 0 spiro atoms. The molecule has 0 atom stereocenters. The maximum atomic E-state index is 12.4. The Balaban J connectivity index is 1.53. The van der Waals surface area contributed by atoms with Crippen LogP contribution < -0.4 is 0 Å². The molecular formula is C16H22N4O2S. The van der Waals surface area contributed by atoms with E-state index < -0.39 is 0 Å². The highest BCUT2D eigenvalue weighted by Crippen LogP contribution is 2.27. The van der Waals surface area contributed by atoms with Crippen molar-refractivity contribution in [2.45, 2.75) is 51.9 Å². The van der Waals surface area contributed by atoms with E-state index in [9.17, 15) is 4.79 Å². The average Bonchev–Trinajstić information content (AvgIpc) is 3.16. The molecule has 3 rings (SSSR count). The van der Waals surface area contributed by atoms with Crippen LogP contribution in [0.4, 0.5) is 0 Å². The van der Waals surface area contributed by atoms with Gasteiger partial charge in [-0.05, 0) is 19.8 Å². The van der Waals surface area contributed by atoms with E-state index in [1.807, 2.05) is 17.2 Å². The van der Waals surface area contributed by atoms with E-state index in [-0.39, 0.29) is 11.8 Å². The highest BCUT2D eigenvalue weighted by molar-refractivity contribution is 7.09. The van der Waals surface area contributed by atoms with Crippen LogP contribution in [-0.2, 0) is 11.2 Å². The number of aryl methyl sites for hydroxylation is 1. The molecule has 1 aliphatic rings. The van der Waals surface area contributed by atoms with Crippen molar-refractivity contribution in [3.8, 4) is 0 Å². The molecule has 2 aromatic rings. The van der Waals surface area contributed by atoms with Crippen molar-refractivity contribution in [1.29, 1.82) is 0 Å². The highest BCUT2D eigenvalue weighted by Gasteiger charge is 2.27. The smallest absolute Gasteiger partial charge is 0.229 e. The first-order valence-corrected chi connectivity index (χ1v) is 8.93. The van der Waals surface area contributed by atoms with Crippen LogP contribution in [0.2, 0.25) is 0 Å². The summed E-state index contributed by atoms with van der Waals surface area (Å²) in [7, 11) is 0. The lowest BCUT2D eigenvalue weighted by Crippen LogP contribution is -2.38. The van der Waals surface area contributed by atoms with Gasteiger partial charge in [-0.2, -0.15) is 4.98 Å². The second kappa shape index (κ2) is 6.78. The lowest BCUT2D eigenvalue weighted by molar-refractivity contribution is -0.131. The van der Waals surface area contributed by atoms with Crippen molar-refractivity contribution in [3.63, 3.8) is 0 Å². The Bertz CT molecular complexity index is 671. The van der Waals surface area contributed by atoms with Crippen LogP contribution in [0.3, 0.4) is 0 Å². The first kappa shape index (κ1) is 16.1. The minimum absolute atomic E-state index is 0.158. The number of nitrogens with zero attached hydrogens (tertiary/aromatic N) is 4. The number of carbonyl (C=O) groups is 1. The summed E-state index contributed by atoms with van der Waals surface area (Å²) >= 11 is 1.64. The Hall–Kier alpha value is -1.76. The second-order valence-corrected chi connectivity index (χ2v) is 7.23. The Morgan fingerprint density at radius 2 is 2.13 bits per heavy atom. The molecular weight excluding hydrogens is 312 g/mol. The van der Waals surface area contributed by atoms with Crippen LogP contribution in [0.15, 0.2) is 9.90 Å². The zero-order valence-electron chi connectivity index (χ0n) is 13.8. The monoisotopic (exact) mass is 334 g/mol. The summed E-state index contributed by atoms with van der Waals surface area (Å²) in [4.78, 5) is 23.2. The molecule has 1 saturated heterocycles. The molecule has 0 N–H and O–H groups in total. The van der Waals surface area contributed by atoms with Gasteiger partial charge in [0.05, 0.1) is 17.1 Å². The Morgan fingerprint density at radius 1 is 1.39 bits per heavy atom. The number of amides is 1. The number of rotatable bonds is 4. The Morgan fingerprint density at radius 3 is 2.70 bits per heavy atom. The molecule has 0 bridgehead atoms. The molecule has 0 aliphatic carbocycles. The molecule has 1 aliphatic heterocycles. The van der Waals surface area contributed by atoms with Gasteiger partial charge < -0.3 is 9.42 Å². The predicted octanol–water partition coefficient (Wildman–Crippen LogP) is 2.91. The number of thiazole rings is 1. The number of carbonyl (C=O) groups excluding carboxylic acids is 1. The number of piperidine rings is 1. The third kappa shape index (κ3) is 3.77. The van der Waals surface area contributed by atoms with E-state index in [2.05, 4.69) is 29.0 Å². The van der Waals surface area contributed by atoms with E-state index in [0.717, 1.165) is 36.6 Å². The molecule has 3 heterocycles. The van der Waals surface area contributed by atoms with Gasteiger partial charge >= 0.3 is 0 Å². The van der Waals surface area contributed by atoms with Crippen LogP contribution in [0.25, 0.3) is 0 Å². The molecule has 7 heteroatoms. The topological polar surface area (TPSA) is 72.1 Å². The van der Waals surface area contributed by atoms with Crippen LogP contribution in [-0.4, -0.2) is 39.0 Å². The SMILES string of the molecule is Cc1noc(C2CCN(C(=O)Cc3csc(C(C)C)n3)CC2)n1. The number of hydrogen-bond acceptors (Lipinski definition) is 6. The van der Waals surface area contributed by atoms with Crippen molar-refractivity contribution in [3.05, 3.63) is 27.8 Å². The van der Waals surface area contributed by atoms with Crippen LogP contribution in [0.5, 0.6) is 0 Å². The molecule has 0 aromatic carbocycles. The second-order valence-electron chi connectivity index (χ2n) is 6.34. The normalized spacial score (nSPS) is 16.3. The van der Waals surface area contributed by atoms with E-state index in [1.165, 1.54) is 0 Å². The van der Waals surface area contributed by atoms with Gasteiger partial charge in [-0.15, -0.1) is 11.3 Å². The summed E-state index contributed by atoms with van der Waals surface area (Å²) in [6, 6.07) is 0. The predicted molar refractivity (Wildman–Crippen MR) is 87.5 cm³/mol. The standard InChI is InChI=1S/C16H22N4O2S/c1-10(2)16-18-13(9-23-16)8-14(21)20-6-4-12(5-7-20)15-17-11(3)19-22-15/h9-10,12H,4-8H2,1-3H3. The number of likely N-dealkylation sites (tertiary alicyclic amines) is 1. The fourth-order valence-corrected chi connectivity index (χ4v) is 3.63. The van der Waals surface area contributed by atoms with E-state index >= 15 is 0 Å². The quantitative estimate of drug-likeness (QED) is 0.859. The summed E-state index contributed by atoms with van der Waals surface area (Å²) in [5.41, 5.74) is 0.887. The molecule has 6 nitrogen and oxygen atoms in total. The largest absolute Gasteiger partial charge is 0.342 e. The minimum Gasteiger partial charge on any atom is -0.342 e. The lowest BCUT2D eigenvalue weighted by Gasteiger charge is -2.30. The van der Waals surface area contributed by atoms with Crippen molar-refractivity contribution < 1.29 is 9.32 Å². The van der Waals surface area contributed by atoms with E-state index in [0.29, 0.717) is 24.1 Å². The third-order valence-corrected chi connectivity index (χ3v) is 5.33. The van der Waals surface area contributed by atoms with Crippen molar-refractivity contribution in [2.75, 3.05) is 13.1 Å². The minimum atomic E-state index is 0.158. The van der Waals surface area contributed by atoms with E-state index in [1.54, 1.807) is 11.3 Å². The van der Waals surface area contributed by atoms with Gasteiger partial charge in [0.1, 0.15) is 0 Å². The van der Waals surface area contributed by atoms with Crippen molar-refractivity contribution >= 4 is 17.2 Å². The van der Waals surface area contributed by atoms with Crippen LogP contribution >= 0.6 is 11.3 Å². The Kier molecular flexibility index (Phi) is 4.75. The highest BCUT2D eigenvalue weighted by atomic mass is 32.1. The van der Waals surface area contributed by atoms with E-state index in [4.69, 9.17) is 4.52 Å². The maximum Gasteiger partial charge on any atom is 0.229 e. The molecule has 1 fully saturated rings. The zero-order chi connectivity index (χ0) is 16.4. The fourth-order valence-electron chi connectivity index (χ4n) is 2.79. The van der Waals surface area contributed by atoms with Gasteiger partial charge in [-0.1, -0.05) is 19.0 Å². The van der Waals surface area contributed by atoms with Crippen LogP contribution in [0, 0.1) is 6.92 Å². The fraction of sp³-hybridized carbons (Fsp3) is 0.625. The molecule has 23 heavy (non-hydrogen) atoms. The molecule has 2 aromatic heterocycles. The summed E-state index contributed by atoms with van der Waals surface area (Å²) < 4.78 is 5.25. The third-order valence-electron chi connectivity index (χ3n) is 4.14. The number of aromatic nitrogens is 3. The molecule has 1 amide bonds. The zero-order valence-corrected chi connectivity index (χ0v) is 14.6. The van der Waals surface area contributed by atoms with Gasteiger partial charge in [0.25, 0.3) is 0 Å². The van der Waals surface area contributed by atoms with Gasteiger partial charge in [0.2, 0.25) is 11.8 Å². The average molecular weight is 334 g/mol. The summed E-state index contributed by atoms with van der Waals surface area (Å²) in [5.74, 6) is 2.22. The summed E-state index contributed by atoms with van der Waals surface area (Å²) in [6.07, 6.45) is 2.15. The molecule has 124 valence electrons. The van der Waals surface area contributed by atoms with Gasteiger partial charge in [0, 0.05) is 30.3 Å². The Labute approximate surface area is 139 Å². The van der Waals surface area contributed by atoms with Crippen molar-refractivity contribution in [2.24, 2.45) is 0 Å². The molecule has 0 saturated carbocycles. The maximum absolute atomic E-state index is 12.4. The van der Waals surface area contributed by atoms with Crippen molar-refractivity contribution in [1.82, 2.24) is 20.0 Å². The number of hydrogen-bond donors (Lipinski definition) is 0. The molecule has 0 unspecified atom stereocenters. The van der Waals surface area contributed by atoms with Gasteiger partial charge in [-0.25, -0.2) is 4.98 Å². The molecule has 0 radical (unpaired) electrons. The van der Waals surface area contributed by atoms with Gasteiger partial charge in [-0.3, -0.25) is 4.79 Å². The first-order valence-electron chi connectivity index (χ1n) is 8.05. The summed E-state index contributed by atoms with van der Waals surface area (Å²) in [6.45, 7) is 7.55.